The molecule has 2 heterocycles. The molecule has 0 bridgehead atoms. The van der Waals surface area contributed by atoms with Crippen molar-refractivity contribution >= 4 is 70.0 Å². The fraction of sp³-hybridized carbons (Fsp3) is 0.471. The van der Waals surface area contributed by atoms with E-state index in [1.165, 1.54) is 33.3 Å². The molecule has 10 amide bonds. The number of hydrogen-bond donors (Lipinski definition) is 12. The van der Waals surface area contributed by atoms with Crippen molar-refractivity contribution in [1.29, 1.82) is 0 Å². The summed E-state index contributed by atoms with van der Waals surface area (Å²) in [6.45, 7) is 10.8. The van der Waals surface area contributed by atoms with Crippen molar-refractivity contribution in [3.05, 3.63) is 90.1 Å². The van der Waals surface area contributed by atoms with Gasteiger partial charge in [0.25, 0.3) is 0 Å². The fourth-order valence-corrected chi connectivity index (χ4v) is 8.01. The van der Waals surface area contributed by atoms with Gasteiger partial charge in [0.2, 0.25) is 59.1 Å². The lowest BCUT2D eigenvalue weighted by Gasteiger charge is -2.27. The number of hydrogen-bond acceptors (Lipinski definition) is 11. The summed E-state index contributed by atoms with van der Waals surface area (Å²) in [5.41, 5.74) is 8.09. The van der Waals surface area contributed by atoms with Crippen molar-refractivity contribution in [3.63, 3.8) is 0 Å². The predicted molar refractivity (Wildman–Crippen MR) is 274 cm³/mol. The van der Waals surface area contributed by atoms with Gasteiger partial charge in [-0.15, -0.1) is 0 Å². The summed E-state index contributed by atoms with van der Waals surface area (Å²) >= 11 is 0. The van der Waals surface area contributed by atoms with Gasteiger partial charge in [0.15, 0.2) is 0 Å². The Hall–Kier alpha value is -8.11. The topological polar surface area (TPSA) is 349 Å². The van der Waals surface area contributed by atoms with Gasteiger partial charge >= 0.3 is 0 Å². The highest BCUT2D eigenvalue weighted by atomic mass is 16.2. The van der Waals surface area contributed by atoms with E-state index in [2.05, 4.69) is 62.8 Å². The number of carbonyl (C=O) groups excluding carboxylic acids is 10. The summed E-state index contributed by atoms with van der Waals surface area (Å²) in [5, 5.41) is 24.7. The van der Waals surface area contributed by atoms with Crippen LogP contribution in [0.2, 0.25) is 0 Å². The number of rotatable bonds is 29. The molecule has 0 aliphatic rings. The number of carbonyl (C=O) groups is 10. The molecule has 0 saturated heterocycles. The van der Waals surface area contributed by atoms with Gasteiger partial charge in [0.05, 0.1) is 12.9 Å². The first-order valence-corrected chi connectivity index (χ1v) is 24.5. The number of aromatic amines is 2. The first-order chi connectivity index (χ1) is 35.1. The molecule has 0 aliphatic heterocycles. The number of nitrogens with one attached hydrogen (secondary N) is 11. The molecule has 1 unspecified atom stereocenters. The molecular weight excluding hydrogens is 955 g/mol. The van der Waals surface area contributed by atoms with Gasteiger partial charge in [-0.25, -0.2) is 4.98 Å². The minimum Gasteiger partial charge on any atom is -0.370 e. The quantitative estimate of drug-likeness (QED) is 0.0331. The number of amides is 10. The summed E-state index contributed by atoms with van der Waals surface area (Å²) in [5.74, 6) is -7.04. The summed E-state index contributed by atoms with van der Waals surface area (Å²) in [6.07, 6.45) is 4.56. The minimum absolute atomic E-state index is 0.0304. The number of imidazole rings is 1. The molecule has 13 N–H and O–H groups in total. The van der Waals surface area contributed by atoms with Gasteiger partial charge in [-0.2, -0.15) is 0 Å². The summed E-state index contributed by atoms with van der Waals surface area (Å²) < 4.78 is 0. The van der Waals surface area contributed by atoms with Gasteiger partial charge in [-0.1, -0.05) is 76.2 Å². The SMILES string of the molecule is CC(=O)NCC(CC(C)C)NC(=O)[C@H](Cc1cnc[nH]1)NC(=O)CNC(=O)[C@@H](NC(=O)[C@H](C)NC(=O)[C@H](Cc1c[nH]c2ccccc12)NC(=O)[C@H](CCC(N)=O)NC(=O)[C@@H](Cc1ccccc1)NC(C)=O)C(C)C. The van der Waals surface area contributed by atoms with Crippen LogP contribution in [0.4, 0.5) is 0 Å². The second-order valence-corrected chi connectivity index (χ2v) is 19.0. The van der Waals surface area contributed by atoms with Crippen molar-refractivity contribution in [1.82, 2.24) is 62.8 Å². The van der Waals surface area contributed by atoms with Crippen LogP contribution in [0.3, 0.4) is 0 Å². The van der Waals surface area contributed by atoms with E-state index in [1.807, 2.05) is 32.0 Å². The van der Waals surface area contributed by atoms with E-state index in [-0.39, 0.29) is 50.5 Å². The highest BCUT2D eigenvalue weighted by Crippen LogP contribution is 2.20. The molecule has 0 radical (unpaired) electrons. The van der Waals surface area contributed by atoms with Crippen LogP contribution in [0.25, 0.3) is 10.9 Å². The Kier molecular flexibility index (Phi) is 22.8. The maximum absolute atomic E-state index is 14.2. The number of nitrogens with two attached hydrogens (primary N) is 1. The first kappa shape index (κ1) is 58.5. The highest BCUT2D eigenvalue weighted by Gasteiger charge is 2.33. The van der Waals surface area contributed by atoms with Crippen LogP contribution < -0.4 is 53.6 Å². The lowest BCUT2D eigenvalue weighted by atomic mass is 10.0. The van der Waals surface area contributed by atoms with E-state index in [0.29, 0.717) is 17.7 Å². The predicted octanol–water partition coefficient (Wildman–Crippen LogP) is -0.428. The van der Waals surface area contributed by atoms with E-state index >= 15 is 0 Å². The van der Waals surface area contributed by atoms with E-state index in [4.69, 9.17) is 5.73 Å². The number of nitrogens with zero attached hydrogens (tertiary/aromatic N) is 1. The molecule has 4 aromatic rings. The Morgan fingerprint density at radius 1 is 0.608 bits per heavy atom. The number of H-pyrrole nitrogens is 2. The molecule has 23 nitrogen and oxygen atoms in total. The second-order valence-electron chi connectivity index (χ2n) is 19.0. The number of benzene rings is 2. The second kappa shape index (κ2) is 28.8. The number of aromatic nitrogens is 3. The zero-order valence-electron chi connectivity index (χ0n) is 42.9. The Morgan fingerprint density at radius 3 is 1.86 bits per heavy atom. The van der Waals surface area contributed by atoms with E-state index < -0.39 is 108 Å². The minimum atomic E-state index is -1.41. The average Bonchev–Trinajstić information content (AvgIpc) is 4.02. The van der Waals surface area contributed by atoms with Crippen molar-refractivity contribution in [3.8, 4) is 0 Å². The van der Waals surface area contributed by atoms with Crippen LogP contribution >= 0.6 is 0 Å². The normalized spacial score (nSPS) is 14.0. The number of fused-ring (bicyclic) bond motifs is 1. The average molecular weight is 1030 g/mol. The maximum Gasteiger partial charge on any atom is 0.243 e. The number of para-hydroxylation sites is 1. The largest absolute Gasteiger partial charge is 0.370 e. The molecule has 0 spiro atoms. The van der Waals surface area contributed by atoms with Crippen molar-refractivity contribution in [2.24, 2.45) is 17.6 Å². The van der Waals surface area contributed by atoms with Crippen LogP contribution in [0.5, 0.6) is 0 Å². The maximum atomic E-state index is 14.2. The number of primary amides is 1. The smallest absolute Gasteiger partial charge is 0.243 e. The zero-order valence-corrected chi connectivity index (χ0v) is 42.9. The van der Waals surface area contributed by atoms with Gasteiger partial charge in [0, 0.05) is 81.1 Å². The third-order valence-electron chi connectivity index (χ3n) is 11.8. The highest BCUT2D eigenvalue weighted by molar-refractivity contribution is 5.98. The van der Waals surface area contributed by atoms with E-state index in [1.54, 1.807) is 56.4 Å². The molecule has 7 atom stereocenters. The monoisotopic (exact) mass is 1030 g/mol. The van der Waals surface area contributed by atoms with E-state index in [9.17, 15) is 47.9 Å². The van der Waals surface area contributed by atoms with Crippen LogP contribution in [-0.4, -0.2) is 129 Å². The standard InChI is InChI=1S/C51H71N13O10/c1-28(2)19-36(25-54-31(6)65)60-49(72)42(22-35-24-53-27-57-35)61-44(68)26-56-51(74)45(29(3)4)64-46(69)30(5)58-48(71)41(21-34-23-55-38-16-12-11-15-37(34)38)63-47(70)39(17-18-43(52)67)62-50(73)40(59-32(7)66)20-33-13-9-8-10-14-33/h8-16,23-24,27-30,36,39-42,45,55H,17-22,25-26H2,1-7H3,(H2,52,67)(H,53,57)(H,54,65)(H,56,74)(H,58,71)(H,59,66)(H,60,72)(H,61,68)(H,62,73)(H,63,70)(H,64,69)/t30-,36?,39-,40+,41-,42-,45-/m0/s1. The molecule has 2 aromatic heterocycles. The summed E-state index contributed by atoms with van der Waals surface area (Å²) in [4.78, 5) is 142. The first-order valence-electron chi connectivity index (χ1n) is 24.5. The molecule has 23 heteroatoms. The zero-order chi connectivity index (χ0) is 54.5. The fourth-order valence-electron chi connectivity index (χ4n) is 8.01. The molecule has 0 saturated carbocycles. The Labute approximate surface area is 429 Å². The van der Waals surface area contributed by atoms with Crippen molar-refractivity contribution in [2.45, 2.75) is 129 Å². The van der Waals surface area contributed by atoms with Crippen molar-refractivity contribution < 1.29 is 47.9 Å². The summed E-state index contributed by atoms with van der Waals surface area (Å²) in [7, 11) is 0. The van der Waals surface area contributed by atoms with Crippen LogP contribution in [0, 0.1) is 11.8 Å². The molecule has 0 aliphatic carbocycles. The molecule has 2 aromatic carbocycles. The summed E-state index contributed by atoms with van der Waals surface area (Å²) in [6, 6.07) is 8.18. The molecule has 0 fully saturated rings. The van der Waals surface area contributed by atoms with Gasteiger partial charge in [0.1, 0.15) is 36.3 Å². The van der Waals surface area contributed by atoms with Gasteiger partial charge in [-0.05, 0) is 48.8 Å². The Bertz CT molecular complexity index is 2570. The van der Waals surface area contributed by atoms with Gasteiger partial charge in [-0.3, -0.25) is 47.9 Å². The van der Waals surface area contributed by atoms with E-state index in [0.717, 1.165) is 16.5 Å². The molecular formula is C51H71N13O10. The molecule has 74 heavy (non-hydrogen) atoms. The molecule has 400 valence electrons. The lowest BCUT2D eigenvalue weighted by molar-refractivity contribution is -0.135. The lowest BCUT2D eigenvalue weighted by Crippen LogP contribution is -2.60. The van der Waals surface area contributed by atoms with Crippen LogP contribution in [-0.2, 0) is 67.2 Å². The van der Waals surface area contributed by atoms with Gasteiger partial charge < -0.3 is 63.6 Å². The van der Waals surface area contributed by atoms with Crippen LogP contribution in [0.15, 0.2) is 73.3 Å². The third kappa shape index (κ3) is 19.5. The Balaban J connectivity index is 1.47. The molecule has 4 rings (SSSR count). The van der Waals surface area contributed by atoms with Crippen LogP contribution in [0.1, 0.15) is 84.5 Å². The third-order valence-corrected chi connectivity index (χ3v) is 11.8. The van der Waals surface area contributed by atoms with Crippen molar-refractivity contribution in [2.75, 3.05) is 13.1 Å². The Morgan fingerprint density at radius 2 is 1.23 bits per heavy atom.